The van der Waals surface area contributed by atoms with Crippen LogP contribution in [0, 0.1) is 0 Å². The predicted octanol–water partition coefficient (Wildman–Crippen LogP) is 2.55. The third kappa shape index (κ3) is 2.53. The largest absolute Gasteiger partial charge is 0.337 e. The first-order valence-corrected chi connectivity index (χ1v) is 9.92. The maximum Gasteiger partial charge on any atom is 0.280 e. The van der Waals surface area contributed by atoms with Crippen molar-refractivity contribution in [1.29, 1.82) is 0 Å². The smallest absolute Gasteiger partial charge is 0.280 e. The molecule has 2 aromatic heterocycles. The molecule has 0 N–H and O–H groups in total. The van der Waals surface area contributed by atoms with Crippen molar-refractivity contribution >= 4 is 17.2 Å². The molecule has 7 heteroatoms. The fourth-order valence-corrected chi connectivity index (χ4v) is 4.91. The van der Waals surface area contributed by atoms with Gasteiger partial charge in [0.1, 0.15) is 5.82 Å². The summed E-state index contributed by atoms with van der Waals surface area (Å²) in [4.78, 5) is 28.3. The van der Waals surface area contributed by atoms with Gasteiger partial charge in [0.25, 0.3) is 11.5 Å². The van der Waals surface area contributed by atoms with Crippen molar-refractivity contribution in [1.82, 2.24) is 19.7 Å². The predicted molar refractivity (Wildman–Crippen MR) is 103 cm³/mol. The van der Waals surface area contributed by atoms with Gasteiger partial charge < -0.3 is 4.90 Å². The fourth-order valence-electron chi connectivity index (χ4n) is 4.22. The Morgan fingerprint density at radius 2 is 1.85 bits per heavy atom. The number of aromatic nitrogens is 3. The van der Waals surface area contributed by atoms with Crippen molar-refractivity contribution in [2.75, 3.05) is 13.1 Å². The summed E-state index contributed by atoms with van der Waals surface area (Å²) in [6, 6.07) is 13.2. The van der Waals surface area contributed by atoms with Gasteiger partial charge in [-0.3, -0.25) is 14.2 Å². The molecule has 5 rings (SSSR count). The third-order valence-electron chi connectivity index (χ3n) is 5.66. The molecule has 2 aliphatic heterocycles. The minimum Gasteiger partial charge on any atom is -0.337 e. The summed E-state index contributed by atoms with van der Waals surface area (Å²) < 4.78 is 1.76. The molecule has 1 fully saturated rings. The second kappa shape index (κ2) is 6.13. The zero-order chi connectivity index (χ0) is 18.4. The Labute approximate surface area is 160 Å². The number of carbonyl (C=O) groups excluding carboxylic acids is 1. The molecule has 0 bridgehead atoms. The van der Waals surface area contributed by atoms with Gasteiger partial charge in [0.15, 0.2) is 5.69 Å². The first-order chi connectivity index (χ1) is 13.2. The molecule has 6 nitrogen and oxygen atoms in total. The van der Waals surface area contributed by atoms with E-state index in [0.29, 0.717) is 25.3 Å². The Morgan fingerprint density at radius 1 is 1.04 bits per heavy atom. The number of nitrogens with zero attached hydrogens (tertiary/aromatic N) is 4. The van der Waals surface area contributed by atoms with Gasteiger partial charge in [-0.1, -0.05) is 36.4 Å². The molecule has 0 radical (unpaired) electrons. The molecule has 4 heterocycles. The third-order valence-corrected chi connectivity index (χ3v) is 6.51. The van der Waals surface area contributed by atoms with E-state index in [-0.39, 0.29) is 16.9 Å². The number of hydrogen-bond donors (Lipinski definition) is 0. The van der Waals surface area contributed by atoms with Crippen LogP contribution in [0.25, 0.3) is 11.3 Å². The quantitative estimate of drug-likeness (QED) is 0.687. The molecule has 27 heavy (non-hydrogen) atoms. The Morgan fingerprint density at radius 3 is 2.63 bits per heavy atom. The van der Waals surface area contributed by atoms with Gasteiger partial charge in [0.05, 0.1) is 10.3 Å². The van der Waals surface area contributed by atoms with E-state index in [4.69, 9.17) is 0 Å². The SMILES string of the molecule is O=C(c1cccs1)N1CCC2(CCn3c2nnc(-c2ccccc2)c3=O)C1. The lowest BCUT2D eigenvalue weighted by molar-refractivity contribution is 0.0787. The van der Waals surface area contributed by atoms with E-state index in [1.165, 1.54) is 11.3 Å². The summed E-state index contributed by atoms with van der Waals surface area (Å²) in [6.45, 7) is 1.92. The number of carbonyl (C=O) groups is 1. The molecule has 1 saturated heterocycles. The van der Waals surface area contributed by atoms with Crippen LogP contribution in [-0.4, -0.2) is 38.7 Å². The Bertz CT molecular complexity index is 1060. The van der Waals surface area contributed by atoms with Gasteiger partial charge in [-0.25, -0.2) is 0 Å². The van der Waals surface area contributed by atoms with Crippen LogP contribution in [0.1, 0.15) is 28.3 Å². The maximum atomic E-state index is 13.0. The van der Waals surface area contributed by atoms with Crippen molar-refractivity contribution in [2.24, 2.45) is 0 Å². The van der Waals surface area contributed by atoms with Gasteiger partial charge in [0, 0.05) is 25.2 Å². The van der Waals surface area contributed by atoms with Crippen LogP contribution in [-0.2, 0) is 12.0 Å². The van der Waals surface area contributed by atoms with Crippen molar-refractivity contribution in [2.45, 2.75) is 24.8 Å². The Kier molecular flexibility index (Phi) is 3.72. The minimum atomic E-state index is -0.256. The molecule has 0 aliphatic carbocycles. The maximum absolute atomic E-state index is 13.0. The summed E-state index contributed by atoms with van der Waals surface area (Å²) in [6.07, 6.45) is 1.65. The van der Waals surface area contributed by atoms with Gasteiger partial charge in [-0.05, 0) is 24.3 Å². The summed E-state index contributed by atoms with van der Waals surface area (Å²) in [7, 11) is 0. The molecule has 1 aromatic carbocycles. The monoisotopic (exact) mass is 378 g/mol. The Hall–Kier alpha value is -2.80. The van der Waals surface area contributed by atoms with Crippen LogP contribution < -0.4 is 5.56 Å². The molecule has 0 saturated carbocycles. The number of thiophene rings is 1. The highest BCUT2D eigenvalue weighted by Crippen LogP contribution is 2.41. The number of benzene rings is 1. The molecular weight excluding hydrogens is 360 g/mol. The first-order valence-electron chi connectivity index (χ1n) is 9.04. The lowest BCUT2D eigenvalue weighted by Gasteiger charge is -2.22. The normalized spacial score (nSPS) is 21.0. The van der Waals surface area contributed by atoms with Crippen molar-refractivity contribution in [3.8, 4) is 11.3 Å². The summed E-state index contributed by atoms with van der Waals surface area (Å²) in [5.41, 5.74) is 0.827. The zero-order valence-electron chi connectivity index (χ0n) is 14.7. The van der Waals surface area contributed by atoms with Crippen LogP contribution in [0.4, 0.5) is 0 Å². The Balaban J connectivity index is 1.48. The summed E-state index contributed by atoms with van der Waals surface area (Å²) in [5.74, 6) is 0.796. The van der Waals surface area contributed by atoms with Gasteiger partial charge in [0.2, 0.25) is 0 Å². The van der Waals surface area contributed by atoms with E-state index >= 15 is 0 Å². The van der Waals surface area contributed by atoms with Crippen molar-refractivity contribution in [3.05, 3.63) is 68.9 Å². The molecular formula is C20H18N4O2S. The van der Waals surface area contributed by atoms with Crippen LogP contribution in [0.3, 0.4) is 0 Å². The zero-order valence-corrected chi connectivity index (χ0v) is 15.5. The molecule has 3 aromatic rings. The lowest BCUT2D eigenvalue weighted by atomic mass is 9.85. The number of likely N-dealkylation sites (tertiary alicyclic amines) is 1. The highest BCUT2D eigenvalue weighted by atomic mass is 32.1. The van der Waals surface area contributed by atoms with Gasteiger partial charge >= 0.3 is 0 Å². The fraction of sp³-hybridized carbons (Fsp3) is 0.300. The molecule has 136 valence electrons. The number of hydrogen-bond acceptors (Lipinski definition) is 5. The van der Waals surface area contributed by atoms with Crippen LogP contribution in [0.2, 0.25) is 0 Å². The second-order valence-electron chi connectivity index (χ2n) is 7.18. The van der Waals surface area contributed by atoms with E-state index in [1.54, 1.807) is 4.57 Å². The first kappa shape index (κ1) is 16.4. The standard InChI is InChI=1S/C20H18N4O2S/c25-17(15-7-4-12-27-15)23-10-8-20(13-23)9-11-24-18(26)16(21-22-19(20)24)14-5-2-1-3-6-14/h1-7,12H,8-11,13H2. The van der Waals surface area contributed by atoms with E-state index in [2.05, 4.69) is 10.2 Å². The van der Waals surface area contributed by atoms with Crippen LogP contribution >= 0.6 is 11.3 Å². The highest BCUT2D eigenvalue weighted by molar-refractivity contribution is 7.12. The van der Waals surface area contributed by atoms with E-state index in [0.717, 1.165) is 29.1 Å². The molecule has 1 amide bonds. The van der Waals surface area contributed by atoms with Crippen LogP contribution in [0.5, 0.6) is 0 Å². The van der Waals surface area contributed by atoms with Crippen LogP contribution in [0.15, 0.2) is 52.6 Å². The van der Waals surface area contributed by atoms with Gasteiger partial charge in [-0.15, -0.1) is 21.5 Å². The molecule has 1 spiro atoms. The number of rotatable bonds is 2. The topological polar surface area (TPSA) is 68.1 Å². The summed E-state index contributed by atoms with van der Waals surface area (Å²) >= 11 is 1.46. The van der Waals surface area contributed by atoms with E-state index in [9.17, 15) is 9.59 Å². The highest BCUT2D eigenvalue weighted by Gasteiger charge is 2.48. The van der Waals surface area contributed by atoms with E-state index in [1.807, 2.05) is 52.7 Å². The van der Waals surface area contributed by atoms with Crippen molar-refractivity contribution in [3.63, 3.8) is 0 Å². The lowest BCUT2D eigenvalue weighted by Crippen LogP contribution is -2.35. The molecule has 1 unspecified atom stereocenters. The molecule has 2 aliphatic rings. The number of fused-ring (bicyclic) bond motifs is 2. The minimum absolute atomic E-state index is 0.0662. The molecule has 1 atom stereocenters. The van der Waals surface area contributed by atoms with Gasteiger partial charge in [-0.2, -0.15) is 0 Å². The average molecular weight is 378 g/mol. The van der Waals surface area contributed by atoms with Crippen molar-refractivity contribution < 1.29 is 4.79 Å². The second-order valence-corrected chi connectivity index (χ2v) is 8.13. The van der Waals surface area contributed by atoms with E-state index < -0.39 is 0 Å². The average Bonchev–Trinajstić information content (AvgIpc) is 3.44. The summed E-state index contributed by atoms with van der Waals surface area (Å²) in [5, 5.41) is 10.7. The number of amides is 1.